The van der Waals surface area contributed by atoms with Crippen molar-refractivity contribution in [3.8, 4) is 0 Å². The van der Waals surface area contributed by atoms with Gasteiger partial charge in [0.05, 0.1) is 6.04 Å². The van der Waals surface area contributed by atoms with E-state index in [-0.39, 0.29) is 5.91 Å². The molecule has 0 aliphatic rings. The molecule has 0 bridgehead atoms. The van der Waals surface area contributed by atoms with Crippen molar-refractivity contribution in [3.63, 3.8) is 0 Å². The molecule has 4 heteroatoms. The molecule has 24 heavy (non-hydrogen) atoms. The van der Waals surface area contributed by atoms with Gasteiger partial charge in [-0.05, 0) is 48.6 Å². The number of nitrogens with two attached hydrogens (primary N) is 1. The maximum Gasteiger partial charge on any atom is 0.237 e. The molecule has 0 radical (unpaired) electrons. The number of aromatic amines is 1. The number of aryl methyl sites for hydroxylation is 2. The Morgan fingerprint density at radius 2 is 1.96 bits per heavy atom. The summed E-state index contributed by atoms with van der Waals surface area (Å²) in [5.74, 6) is -0.126. The molecule has 0 unspecified atom stereocenters. The summed E-state index contributed by atoms with van der Waals surface area (Å²) in [5.41, 5.74) is 11.8. The van der Waals surface area contributed by atoms with Gasteiger partial charge < -0.3 is 16.0 Å². The number of nitrogens with one attached hydrogen (secondary N) is 2. The van der Waals surface area contributed by atoms with Crippen LogP contribution in [0.25, 0.3) is 10.9 Å². The number of benzene rings is 2. The Bertz CT molecular complexity index is 866. The highest BCUT2D eigenvalue weighted by Crippen LogP contribution is 2.18. The van der Waals surface area contributed by atoms with Gasteiger partial charge in [-0.25, -0.2) is 0 Å². The number of carbonyl (C=O) groups excluding carboxylic acids is 1. The van der Waals surface area contributed by atoms with Crippen LogP contribution in [-0.2, 0) is 17.8 Å². The first-order chi connectivity index (χ1) is 11.5. The van der Waals surface area contributed by atoms with Gasteiger partial charge in [-0.3, -0.25) is 4.79 Å². The number of hydrogen-bond acceptors (Lipinski definition) is 2. The number of amides is 1. The van der Waals surface area contributed by atoms with Gasteiger partial charge in [0.25, 0.3) is 0 Å². The normalized spacial score (nSPS) is 12.3. The fourth-order valence-electron chi connectivity index (χ4n) is 2.86. The van der Waals surface area contributed by atoms with Crippen molar-refractivity contribution in [1.82, 2.24) is 10.3 Å². The summed E-state index contributed by atoms with van der Waals surface area (Å²) in [7, 11) is 0. The van der Waals surface area contributed by atoms with Crippen LogP contribution in [-0.4, -0.2) is 16.9 Å². The van der Waals surface area contributed by atoms with E-state index < -0.39 is 6.04 Å². The van der Waals surface area contributed by atoms with E-state index in [0.29, 0.717) is 13.0 Å². The standard InChI is InChI=1S/C20H23N3O/c1-13-7-8-15(9-14(13)2)11-23-20(24)18(21)10-16-12-22-19-6-4-3-5-17(16)19/h3-9,12,18,22H,10-11,21H2,1-2H3,(H,23,24)/t18-/m1/s1. The van der Waals surface area contributed by atoms with Crippen LogP contribution in [0.4, 0.5) is 0 Å². The van der Waals surface area contributed by atoms with Crippen molar-refractivity contribution in [3.05, 3.63) is 70.9 Å². The molecule has 0 fully saturated rings. The zero-order valence-corrected chi connectivity index (χ0v) is 14.1. The third-order valence-corrected chi connectivity index (χ3v) is 4.49. The lowest BCUT2D eigenvalue weighted by atomic mass is 10.0. The lowest BCUT2D eigenvalue weighted by molar-refractivity contribution is -0.122. The second-order valence-corrected chi connectivity index (χ2v) is 6.31. The highest BCUT2D eigenvalue weighted by atomic mass is 16.2. The van der Waals surface area contributed by atoms with Crippen molar-refractivity contribution >= 4 is 16.8 Å². The Morgan fingerprint density at radius 3 is 2.75 bits per heavy atom. The molecule has 3 rings (SSSR count). The first kappa shape index (κ1) is 16.3. The Labute approximate surface area is 142 Å². The monoisotopic (exact) mass is 321 g/mol. The minimum absolute atomic E-state index is 0.126. The second kappa shape index (κ2) is 6.89. The molecule has 0 saturated heterocycles. The zero-order valence-electron chi connectivity index (χ0n) is 14.1. The van der Waals surface area contributed by atoms with Crippen LogP contribution in [0.3, 0.4) is 0 Å². The van der Waals surface area contributed by atoms with Crippen LogP contribution >= 0.6 is 0 Å². The topological polar surface area (TPSA) is 70.9 Å². The first-order valence-corrected chi connectivity index (χ1v) is 8.19. The highest BCUT2D eigenvalue weighted by molar-refractivity contribution is 5.86. The van der Waals surface area contributed by atoms with E-state index in [1.165, 1.54) is 11.1 Å². The predicted molar refractivity (Wildman–Crippen MR) is 97.7 cm³/mol. The predicted octanol–water partition coefficient (Wildman–Crippen LogP) is 2.97. The number of para-hydroxylation sites is 1. The highest BCUT2D eigenvalue weighted by Gasteiger charge is 2.16. The lowest BCUT2D eigenvalue weighted by Crippen LogP contribution is -2.41. The van der Waals surface area contributed by atoms with Gasteiger partial charge in [0.2, 0.25) is 5.91 Å². The molecule has 1 heterocycles. The summed E-state index contributed by atoms with van der Waals surface area (Å²) in [4.78, 5) is 15.5. The van der Waals surface area contributed by atoms with Crippen LogP contribution in [0, 0.1) is 13.8 Å². The second-order valence-electron chi connectivity index (χ2n) is 6.31. The molecule has 1 atom stereocenters. The summed E-state index contributed by atoms with van der Waals surface area (Å²) in [5, 5.41) is 4.05. The maximum absolute atomic E-state index is 12.3. The molecule has 0 aliphatic heterocycles. The Balaban J connectivity index is 1.61. The van der Waals surface area contributed by atoms with Crippen molar-refractivity contribution in [2.75, 3.05) is 0 Å². The molecule has 0 spiro atoms. The summed E-state index contributed by atoms with van der Waals surface area (Å²) in [6.45, 7) is 4.65. The molecule has 1 amide bonds. The van der Waals surface area contributed by atoms with Gasteiger partial charge in [-0.1, -0.05) is 36.4 Å². The summed E-state index contributed by atoms with van der Waals surface area (Å²) in [6.07, 6.45) is 2.45. The van der Waals surface area contributed by atoms with Gasteiger partial charge in [0.15, 0.2) is 0 Å². The lowest BCUT2D eigenvalue weighted by Gasteiger charge is -2.12. The van der Waals surface area contributed by atoms with Crippen LogP contribution in [0.2, 0.25) is 0 Å². The number of fused-ring (bicyclic) bond motifs is 1. The molecule has 0 aliphatic carbocycles. The number of aromatic nitrogens is 1. The van der Waals surface area contributed by atoms with Gasteiger partial charge in [-0.2, -0.15) is 0 Å². The molecule has 0 saturated carbocycles. The van der Waals surface area contributed by atoms with E-state index in [9.17, 15) is 4.79 Å². The van der Waals surface area contributed by atoms with Crippen molar-refractivity contribution in [2.24, 2.45) is 5.73 Å². The van der Waals surface area contributed by atoms with Crippen LogP contribution in [0.1, 0.15) is 22.3 Å². The average Bonchev–Trinajstić information content (AvgIpc) is 2.99. The smallest absolute Gasteiger partial charge is 0.237 e. The SMILES string of the molecule is Cc1ccc(CNC(=O)[C@H](N)Cc2c[nH]c3ccccc23)cc1C. The fraction of sp³-hybridized carbons (Fsp3) is 0.250. The summed E-state index contributed by atoms with van der Waals surface area (Å²) in [6, 6.07) is 13.7. The van der Waals surface area contributed by atoms with Gasteiger partial charge >= 0.3 is 0 Å². The Hall–Kier alpha value is -2.59. The third kappa shape index (κ3) is 3.49. The van der Waals surface area contributed by atoms with Gasteiger partial charge in [0, 0.05) is 23.6 Å². The molecule has 2 aromatic carbocycles. The number of carbonyl (C=O) groups is 1. The average molecular weight is 321 g/mol. The van der Waals surface area contributed by atoms with Gasteiger partial charge in [0.1, 0.15) is 0 Å². The summed E-state index contributed by atoms with van der Waals surface area (Å²) < 4.78 is 0. The van der Waals surface area contributed by atoms with Crippen LogP contribution in [0.15, 0.2) is 48.7 Å². The van der Waals surface area contributed by atoms with Crippen LogP contribution < -0.4 is 11.1 Å². The fourth-order valence-corrected chi connectivity index (χ4v) is 2.86. The molecular formula is C20H23N3O. The van der Waals surface area contributed by atoms with E-state index in [1.807, 2.05) is 36.5 Å². The maximum atomic E-state index is 12.3. The third-order valence-electron chi connectivity index (χ3n) is 4.49. The minimum Gasteiger partial charge on any atom is -0.361 e. The van der Waals surface area contributed by atoms with Crippen LogP contribution in [0.5, 0.6) is 0 Å². The van der Waals surface area contributed by atoms with Gasteiger partial charge in [-0.15, -0.1) is 0 Å². The quantitative estimate of drug-likeness (QED) is 0.676. The summed E-state index contributed by atoms with van der Waals surface area (Å²) >= 11 is 0. The molecule has 3 aromatic rings. The van der Waals surface area contributed by atoms with E-state index in [0.717, 1.165) is 22.0 Å². The number of H-pyrrole nitrogens is 1. The van der Waals surface area contributed by atoms with Crippen molar-refractivity contribution in [2.45, 2.75) is 32.9 Å². The Kier molecular flexibility index (Phi) is 4.67. The number of rotatable bonds is 5. The first-order valence-electron chi connectivity index (χ1n) is 8.19. The molecule has 1 aromatic heterocycles. The van der Waals surface area contributed by atoms with Crippen molar-refractivity contribution in [1.29, 1.82) is 0 Å². The zero-order chi connectivity index (χ0) is 17.1. The number of hydrogen-bond donors (Lipinski definition) is 3. The Morgan fingerprint density at radius 1 is 1.17 bits per heavy atom. The van der Waals surface area contributed by atoms with Crippen molar-refractivity contribution < 1.29 is 4.79 Å². The molecular weight excluding hydrogens is 298 g/mol. The van der Waals surface area contributed by atoms with E-state index >= 15 is 0 Å². The van der Waals surface area contributed by atoms with E-state index in [4.69, 9.17) is 5.73 Å². The largest absolute Gasteiger partial charge is 0.361 e. The molecule has 124 valence electrons. The molecule has 4 N–H and O–H groups in total. The molecule has 4 nitrogen and oxygen atoms in total. The van der Waals surface area contributed by atoms with E-state index in [2.05, 4.69) is 36.3 Å². The minimum atomic E-state index is -0.559. The van der Waals surface area contributed by atoms with E-state index in [1.54, 1.807) is 0 Å².